The first kappa shape index (κ1) is 14.7. The van der Waals surface area contributed by atoms with Gasteiger partial charge in [-0.2, -0.15) is 0 Å². The van der Waals surface area contributed by atoms with Gasteiger partial charge in [0.2, 0.25) is 10.0 Å². The van der Waals surface area contributed by atoms with E-state index in [-0.39, 0.29) is 9.92 Å². The summed E-state index contributed by atoms with van der Waals surface area (Å²) in [5.74, 6) is 0. The summed E-state index contributed by atoms with van der Waals surface area (Å²) >= 11 is 11.9. The van der Waals surface area contributed by atoms with E-state index in [0.29, 0.717) is 23.7 Å². The first-order chi connectivity index (χ1) is 7.92. The first-order valence-electron chi connectivity index (χ1n) is 5.04. The molecule has 0 atom stereocenters. The van der Waals surface area contributed by atoms with E-state index in [1.807, 2.05) is 0 Å². The van der Waals surface area contributed by atoms with Gasteiger partial charge in [-0.15, -0.1) is 0 Å². The van der Waals surface area contributed by atoms with Gasteiger partial charge in [-0.1, -0.05) is 30.1 Å². The molecular weight excluding hydrogens is 283 g/mol. The molecule has 0 aliphatic carbocycles. The van der Waals surface area contributed by atoms with E-state index in [4.69, 9.17) is 23.2 Å². The van der Waals surface area contributed by atoms with Crippen LogP contribution in [0.2, 0.25) is 10.0 Å². The highest BCUT2D eigenvalue weighted by molar-refractivity contribution is 7.89. The summed E-state index contributed by atoms with van der Waals surface area (Å²) in [6.07, 6.45) is 0. The van der Waals surface area contributed by atoms with E-state index in [1.54, 1.807) is 20.0 Å². The van der Waals surface area contributed by atoms with Crippen molar-refractivity contribution in [3.63, 3.8) is 0 Å². The van der Waals surface area contributed by atoms with Crippen LogP contribution in [0.15, 0.2) is 17.0 Å². The highest BCUT2D eigenvalue weighted by atomic mass is 35.5. The number of sulfonamides is 1. The summed E-state index contributed by atoms with van der Waals surface area (Å²) in [6, 6.07) is 2.99. The maximum atomic E-state index is 11.9. The highest BCUT2D eigenvalue weighted by Crippen LogP contribution is 2.29. The summed E-state index contributed by atoms with van der Waals surface area (Å²) in [7, 11) is -1.85. The number of rotatable bonds is 5. The molecule has 1 aromatic rings. The second-order valence-corrected chi connectivity index (χ2v) is 5.96. The average molecular weight is 297 g/mol. The van der Waals surface area contributed by atoms with Crippen LogP contribution >= 0.6 is 23.2 Å². The summed E-state index contributed by atoms with van der Waals surface area (Å²) < 4.78 is 26.2. The zero-order valence-electron chi connectivity index (χ0n) is 9.55. The zero-order valence-corrected chi connectivity index (χ0v) is 11.9. The Balaban J connectivity index is 3.34. The molecule has 0 bridgehead atoms. The summed E-state index contributed by atoms with van der Waals surface area (Å²) in [6.45, 7) is 2.45. The molecule has 0 fully saturated rings. The van der Waals surface area contributed by atoms with Crippen LogP contribution in [-0.2, 0) is 16.6 Å². The fourth-order valence-corrected chi connectivity index (χ4v) is 3.37. The van der Waals surface area contributed by atoms with Gasteiger partial charge in [-0.05, 0) is 24.7 Å². The lowest BCUT2D eigenvalue weighted by atomic mass is 10.2. The molecule has 0 aliphatic rings. The Morgan fingerprint density at radius 1 is 1.29 bits per heavy atom. The van der Waals surface area contributed by atoms with Gasteiger partial charge in [-0.25, -0.2) is 13.1 Å². The molecular formula is C10H14Cl2N2O2S. The van der Waals surface area contributed by atoms with E-state index in [9.17, 15) is 8.42 Å². The van der Waals surface area contributed by atoms with Gasteiger partial charge in [0.1, 0.15) is 4.90 Å². The molecule has 0 saturated heterocycles. The Morgan fingerprint density at radius 2 is 1.94 bits per heavy atom. The molecule has 0 saturated carbocycles. The molecule has 4 nitrogen and oxygen atoms in total. The predicted molar refractivity (Wildman–Crippen MR) is 70.1 cm³/mol. The van der Waals surface area contributed by atoms with Crippen LogP contribution in [0.5, 0.6) is 0 Å². The maximum Gasteiger partial charge on any atom is 0.242 e. The molecule has 2 N–H and O–H groups in total. The molecule has 0 radical (unpaired) electrons. The topological polar surface area (TPSA) is 58.2 Å². The Hall–Kier alpha value is -0.330. The van der Waals surface area contributed by atoms with Crippen LogP contribution in [0.4, 0.5) is 0 Å². The van der Waals surface area contributed by atoms with Gasteiger partial charge in [0.15, 0.2) is 0 Å². The van der Waals surface area contributed by atoms with Crippen LogP contribution in [0.1, 0.15) is 12.5 Å². The molecule has 0 aliphatic heterocycles. The van der Waals surface area contributed by atoms with E-state index in [1.165, 1.54) is 6.07 Å². The zero-order chi connectivity index (χ0) is 13.1. The molecule has 0 spiro atoms. The fraction of sp³-hybridized carbons (Fsp3) is 0.400. The lowest BCUT2D eigenvalue weighted by Crippen LogP contribution is -2.24. The standard InChI is InChI=1S/C10H14Cl2N2O2S/c1-3-14-17(15,16)9-5-8(11)4-7(6-13-2)10(9)12/h4-5,13-14H,3,6H2,1-2H3. The molecule has 17 heavy (non-hydrogen) atoms. The third-order valence-corrected chi connectivity index (χ3v) is 4.42. The third-order valence-electron chi connectivity index (χ3n) is 2.07. The Bertz CT molecular complexity index is 503. The maximum absolute atomic E-state index is 11.9. The minimum Gasteiger partial charge on any atom is -0.316 e. The van der Waals surface area contributed by atoms with Gasteiger partial charge in [0.05, 0.1) is 5.02 Å². The van der Waals surface area contributed by atoms with Crippen molar-refractivity contribution >= 4 is 33.2 Å². The van der Waals surface area contributed by atoms with Crippen molar-refractivity contribution in [3.05, 3.63) is 27.7 Å². The minimum absolute atomic E-state index is 0.0127. The number of hydrogen-bond acceptors (Lipinski definition) is 3. The normalized spacial score (nSPS) is 11.8. The van der Waals surface area contributed by atoms with Crippen LogP contribution < -0.4 is 10.0 Å². The predicted octanol–water partition coefficient (Wildman–Crippen LogP) is 2.01. The van der Waals surface area contributed by atoms with Crippen LogP contribution in [-0.4, -0.2) is 22.0 Å². The number of halogens is 2. The van der Waals surface area contributed by atoms with Crippen molar-refractivity contribution in [3.8, 4) is 0 Å². The van der Waals surface area contributed by atoms with Gasteiger partial charge in [0, 0.05) is 18.1 Å². The molecule has 96 valence electrons. The van der Waals surface area contributed by atoms with Crippen molar-refractivity contribution in [2.45, 2.75) is 18.4 Å². The Labute approximate surface area is 111 Å². The molecule has 0 heterocycles. The van der Waals surface area contributed by atoms with E-state index < -0.39 is 10.0 Å². The monoisotopic (exact) mass is 296 g/mol. The fourth-order valence-electron chi connectivity index (χ4n) is 1.40. The van der Waals surface area contributed by atoms with Crippen molar-refractivity contribution < 1.29 is 8.42 Å². The number of benzene rings is 1. The average Bonchev–Trinajstić information content (AvgIpc) is 2.23. The molecule has 1 aromatic carbocycles. The number of hydrogen-bond donors (Lipinski definition) is 2. The second kappa shape index (κ2) is 6.02. The Kier molecular flexibility index (Phi) is 5.22. The van der Waals surface area contributed by atoms with Crippen molar-refractivity contribution in [1.82, 2.24) is 10.0 Å². The largest absolute Gasteiger partial charge is 0.316 e. The smallest absolute Gasteiger partial charge is 0.242 e. The summed E-state index contributed by atoms with van der Waals surface area (Å²) in [5.41, 5.74) is 0.651. The van der Waals surface area contributed by atoms with Crippen LogP contribution in [0.3, 0.4) is 0 Å². The van der Waals surface area contributed by atoms with Crippen molar-refractivity contribution in [2.75, 3.05) is 13.6 Å². The quantitative estimate of drug-likeness (QED) is 0.874. The van der Waals surface area contributed by atoms with Gasteiger partial charge < -0.3 is 5.32 Å². The third kappa shape index (κ3) is 3.56. The van der Waals surface area contributed by atoms with Crippen LogP contribution in [0.25, 0.3) is 0 Å². The van der Waals surface area contributed by atoms with Gasteiger partial charge in [-0.3, -0.25) is 0 Å². The van der Waals surface area contributed by atoms with Gasteiger partial charge in [0.25, 0.3) is 0 Å². The SMILES string of the molecule is CCNS(=O)(=O)c1cc(Cl)cc(CNC)c1Cl. The summed E-state index contributed by atoms with van der Waals surface area (Å²) in [5, 5.41) is 3.45. The number of nitrogens with one attached hydrogen (secondary N) is 2. The lowest BCUT2D eigenvalue weighted by Gasteiger charge is -2.11. The van der Waals surface area contributed by atoms with E-state index in [2.05, 4.69) is 10.0 Å². The van der Waals surface area contributed by atoms with E-state index >= 15 is 0 Å². The van der Waals surface area contributed by atoms with Crippen molar-refractivity contribution in [1.29, 1.82) is 0 Å². The molecule has 0 aromatic heterocycles. The molecule has 0 amide bonds. The molecule has 0 unspecified atom stereocenters. The van der Waals surface area contributed by atoms with Gasteiger partial charge >= 0.3 is 0 Å². The highest BCUT2D eigenvalue weighted by Gasteiger charge is 2.20. The van der Waals surface area contributed by atoms with Crippen LogP contribution in [0, 0.1) is 0 Å². The molecule has 7 heteroatoms. The Morgan fingerprint density at radius 3 is 2.47 bits per heavy atom. The lowest BCUT2D eigenvalue weighted by molar-refractivity contribution is 0.583. The first-order valence-corrected chi connectivity index (χ1v) is 7.28. The van der Waals surface area contributed by atoms with E-state index in [0.717, 1.165) is 0 Å². The second-order valence-electron chi connectivity index (χ2n) is 3.41. The minimum atomic E-state index is -3.60. The molecule has 1 rings (SSSR count). The summed E-state index contributed by atoms with van der Waals surface area (Å²) in [4.78, 5) is 0.0127. The van der Waals surface area contributed by atoms with Crippen molar-refractivity contribution in [2.24, 2.45) is 0 Å².